The number of imidazole rings is 3. The molecule has 0 bridgehead atoms. The average molecular weight is 1390 g/mol. The Labute approximate surface area is 546 Å². The highest BCUT2D eigenvalue weighted by atomic mass is 127. The minimum atomic E-state index is -1.02. The first-order chi connectivity index (χ1) is 42.3. The smallest absolute Gasteiger partial charge is 0.163 e. The molecule has 460 valence electrons. The highest BCUT2D eigenvalue weighted by Gasteiger charge is 2.32. The summed E-state index contributed by atoms with van der Waals surface area (Å²) in [5.41, 5.74) is 6.22. The zero-order chi connectivity index (χ0) is 63.1. The maximum absolute atomic E-state index is 10.2. The molecule has 14 rings (SSSR count). The molecule has 0 atom stereocenters. The molecule has 0 radical (unpaired) electrons. The molecule has 11 aromatic heterocycles. The number of aromatic nitrogens is 14. The van der Waals surface area contributed by atoms with Gasteiger partial charge in [0, 0.05) is 111 Å². The average Bonchev–Trinajstić information content (AvgIpc) is 1.73. The summed E-state index contributed by atoms with van der Waals surface area (Å²) >= 11 is 20.1. The van der Waals surface area contributed by atoms with Crippen molar-refractivity contribution in [3.8, 4) is 68.3 Å². The van der Waals surface area contributed by atoms with E-state index in [4.69, 9.17) is 59.0 Å². The second kappa shape index (κ2) is 25.9. The molecule has 4 N–H and O–H groups in total. The van der Waals surface area contributed by atoms with Crippen molar-refractivity contribution in [2.24, 2.45) is 21.1 Å². The second-order valence-corrected chi connectivity index (χ2v) is 27.1. The lowest BCUT2D eigenvalue weighted by atomic mass is 10.0. The van der Waals surface area contributed by atoms with Crippen molar-refractivity contribution in [3.63, 3.8) is 0 Å². The van der Waals surface area contributed by atoms with E-state index < -0.39 is 16.8 Å². The van der Waals surface area contributed by atoms with E-state index in [0.717, 1.165) is 101 Å². The van der Waals surface area contributed by atoms with Gasteiger partial charge in [-0.25, -0.2) is 19.9 Å². The van der Waals surface area contributed by atoms with E-state index in [1.54, 1.807) is 84.7 Å². The molecule has 25 heteroatoms. The van der Waals surface area contributed by atoms with Crippen LogP contribution in [0.3, 0.4) is 0 Å². The Morgan fingerprint density at radius 1 is 0.539 bits per heavy atom. The van der Waals surface area contributed by atoms with Crippen LogP contribution in [-0.4, -0.2) is 84.4 Å². The van der Waals surface area contributed by atoms with Gasteiger partial charge >= 0.3 is 0 Å². The van der Waals surface area contributed by atoms with E-state index >= 15 is 0 Å². The summed E-state index contributed by atoms with van der Waals surface area (Å²) in [5.74, 6) is 6.60. The van der Waals surface area contributed by atoms with Crippen LogP contribution in [0.25, 0.3) is 68.3 Å². The lowest BCUT2D eigenvalue weighted by Gasteiger charge is -2.16. The second-order valence-electron chi connectivity index (χ2n) is 23.8. The minimum Gasteiger partial charge on any atom is -0.384 e. The summed E-state index contributed by atoms with van der Waals surface area (Å²) in [6.07, 6.45) is 17.4. The fraction of sp³-hybridized carbons (Fsp3) is 0.328. The molecule has 11 aromatic rings. The van der Waals surface area contributed by atoms with Crippen LogP contribution in [0, 0.1) is 8.34 Å². The van der Waals surface area contributed by atoms with Gasteiger partial charge in [-0.2, -0.15) is 0 Å². The van der Waals surface area contributed by atoms with Crippen molar-refractivity contribution >= 4 is 69.8 Å². The fourth-order valence-corrected chi connectivity index (χ4v) is 11.2. The van der Waals surface area contributed by atoms with Crippen molar-refractivity contribution in [2.75, 3.05) is 0 Å². The van der Waals surface area contributed by atoms with Gasteiger partial charge in [0.2, 0.25) is 0 Å². The van der Waals surface area contributed by atoms with Crippen LogP contribution in [0.4, 0.5) is 0 Å². The minimum absolute atomic E-state index is 0.474. The largest absolute Gasteiger partial charge is 0.384 e. The number of aromatic amines is 1. The number of aryl methyl sites for hydroxylation is 1. The van der Waals surface area contributed by atoms with Crippen molar-refractivity contribution in [3.05, 3.63) is 169 Å². The van der Waals surface area contributed by atoms with Crippen LogP contribution in [0.15, 0.2) is 140 Å². The summed E-state index contributed by atoms with van der Waals surface area (Å²) in [4.78, 5) is 34.7. The molecule has 0 unspecified atom stereocenters. The molecule has 0 aromatic carbocycles. The topological polar surface area (TPSA) is 260 Å². The number of hydrogen-bond donors (Lipinski definition) is 4. The number of rotatable bonds is 14. The van der Waals surface area contributed by atoms with Crippen molar-refractivity contribution < 1.29 is 28.9 Å². The van der Waals surface area contributed by atoms with Crippen molar-refractivity contribution in [1.29, 1.82) is 0 Å². The Balaban J connectivity index is 0.000000131. The molecule has 20 nitrogen and oxygen atoms in total. The molecule has 89 heavy (non-hydrogen) atoms. The number of aliphatic hydroxyl groups is 3. The van der Waals surface area contributed by atoms with Crippen molar-refractivity contribution in [1.82, 2.24) is 69.0 Å². The number of nitrogens with one attached hydrogen (secondary N) is 1. The summed E-state index contributed by atoms with van der Waals surface area (Å²) in [6, 6.07) is 24.4. The predicted octanol–water partition coefficient (Wildman–Crippen LogP) is 14.9. The Morgan fingerprint density at radius 3 is 1.40 bits per heavy atom. The highest BCUT2D eigenvalue weighted by Crippen LogP contribution is 2.45. The monoisotopic (exact) mass is 1390 g/mol. The van der Waals surface area contributed by atoms with E-state index in [0.29, 0.717) is 61.0 Å². The zero-order valence-electron chi connectivity index (χ0n) is 50.3. The van der Waals surface area contributed by atoms with Gasteiger partial charge in [-0.3, -0.25) is 15.0 Å². The van der Waals surface area contributed by atoms with Gasteiger partial charge in [0.25, 0.3) is 0 Å². The third kappa shape index (κ3) is 15.3. The number of H-pyrrole nitrogens is 1. The van der Waals surface area contributed by atoms with Gasteiger partial charge in [-0.05, 0) is 175 Å². The molecule has 3 saturated carbocycles. The number of pyridine rings is 5. The lowest BCUT2D eigenvalue weighted by Crippen LogP contribution is -2.17. The summed E-state index contributed by atoms with van der Waals surface area (Å²) in [5, 5.41) is 45.9. The van der Waals surface area contributed by atoms with Gasteiger partial charge < -0.3 is 47.6 Å². The lowest BCUT2D eigenvalue weighted by molar-refractivity contribution is 0.0733. The first-order valence-corrected chi connectivity index (χ1v) is 31.8. The molecule has 3 aliphatic rings. The Hall–Kier alpha value is -7.23. The Bertz CT molecular complexity index is 4290. The van der Waals surface area contributed by atoms with E-state index in [-0.39, 0.29) is 0 Å². The van der Waals surface area contributed by atoms with Crippen LogP contribution in [0.2, 0.25) is 10.0 Å². The number of nitrogens with zero attached hydrogens (tertiary/aromatic N) is 13. The van der Waals surface area contributed by atoms with Gasteiger partial charge in [0.15, 0.2) is 17.5 Å². The van der Waals surface area contributed by atoms with E-state index in [1.807, 2.05) is 108 Å². The third-order valence-corrected chi connectivity index (χ3v) is 17.9. The van der Waals surface area contributed by atoms with E-state index in [1.165, 1.54) is 37.4 Å². The first-order valence-electron chi connectivity index (χ1n) is 28.8. The third-order valence-electron chi connectivity index (χ3n) is 14.8. The molecule has 3 fully saturated rings. The van der Waals surface area contributed by atoms with E-state index in [9.17, 15) is 15.3 Å². The standard InChI is InChI=1S/C23H22ClN5O2S.C18H19IN4O2.C18H20N4O2.C5H4ClNS/c1-23(2,30)18-8-6-14(11-25-18)20-22(32-19-9-7-15(24)12-26-19)29(3)21(27-20)16-10-17(31-28-16)13-4-5-13;1-18(2,24)14-7-6-11(9-20-14)15-16(19)23(3)17(21-15)12-8-13(25-22-12)10-4-5-10;1-18(2,23)16-7-6-12(9-19-16)14-10-22(3)17(20-14)13-8-15(24-21-13)11-4-5-11;6-4-1-2-5(8)7-3-4/h6-13,30H,4-5H2,1-3H3;6-10,24H,4-5H2,1-3H3;6-11,23H,4-5H2,1-3H3;1-3H,(H,7,8). The molecule has 11 heterocycles. The first kappa shape index (κ1) is 63.3. The molecular weight excluding hydrogens is 1320 g/mol. The summed E-state index contributed by atoms with van der Waals surface area (Å²) < 4.78 is 24.1. The maximum Gasteiger partial charge on any atom is 0.163 e. The van der Waals surface area contributed by atoms with Gasteiger partial charge in [-0.15, -0.1) is 0 Å². The van der Waals surface area contributed by atoms with Gasteiger partial charge in [-0.1, -0.05) is 50.9 Å². The Kier molecular flexibility index (Phi) is 18.5. The van der Waals surface area contributed by atoms with Crippen molar-refractivity contribution in [2.45, 2.75) is 125 Å². The predicted molar refractivity (Wildman–Crippen MR) is 350 cm³/mol. The molecule has 0 amide bonds. The summed E-state index contributed by atoms with van der Waals surface area (Å²) in [7, 11) is 5.86. The molecule has 3 aliphatic carbocycles. The zero-order valence-corrected chi connectivity index (χ0v) is 55.6. The Morgan fingerprint density at radius 2 is 0.989 bits per heavy atom. The van der Waals surface area contributed by atoms with Crippen LogP contribution in [0.5, 0.6) is 0 Å². The van der Waals surface area contributed by atoms with Gasteiger partial charge in [0.05, 0.1) is 32.8 Å². The van der Waals surface area contributed by atoms with Crippen LogP contribution >= 0.6 is 69.8 Å². The van der Waals surface area contributed by atoms with Gasteiger partial charge in [0.1, 0.15) is 80.9 Å². The fourth-order valence-electron chi connectivity index (χ4n) is 9.23. The normalized spacial score (nSPS) is 14.1. The molecule has 0 saturated heterocycles. The van der Waals surface area contributed by atoms with E-state index in [2.05, 4.69) is 68.0 Å². The maximum atomic E-state index is 10.2. The molecule has 0 aliphatic heterocycles. The SMILES string of the molecule is Cn1c(-c2cc(C3CC3)on2)nc(-c2ccc(C(C)(C)O)nc2)c1I.Cn1c(-c2cc(C3CC3)on2)nc(-c2ccc(C(C)(C)O)nc2)c1Sc1ccc(Cl)cn1.Cn1cc(-c2ccc(C(C)(C)O)nc2)nc1-c1cc(C2CC2)on1.S=c1ccc(Cl)c[nH]1. The number of hydrogen-bond acceptors (Lipinski definition) is 18. The highest BCUT2D eigenvalue weighted by molar-refractivity contribution is 14.1. The van der Waals surface area contributed by atoms with Crippen LogP contribution in [-0.2, 0) is 37.9 Å². The van der Waals surface area contributed by atoms with Crippen LogP contribution in [0.1, 0.15) is 132 Å². The van der Waals surface area contributed by atoms with Crippen LogP contribution < -0.4 is 0 Å². The molecule has 0 spiro atoms. The quantitative estimate of drug-likeness (QED) is 0.0582. The number of halogens is 3. The molecular formula is C64H65Cl2IN14O6S2. The summed E-state index contributed by atoms with van der Waals surface area (Å²) in [6.45, 7) is 10.3.